The predicted octanol–water partition coefficient (Wildman–Crippen LogP) is -0.576. The van der Waals surface area contributed by atoms with Crippen molar-refractivity contribution in [1.29, 1.82) is 0 Å². The fourth-order valence-corrected chi connectivity index (χ4v) is 1.58. The minimum absolute atomic E-state index is 0.0254. The van der Waals surface area contributed by atoms with E-state index in [0.29, 0.717) is 0 Å². The van der Waals surface area contributed by atoms with Crippen LogP contribution < -0.4 is 0 Å². The third-order valence-corrected chi connectivity index (χ3v) is 3.74. The first-order chi connectivity index (χ1) is 7.25. The molecule has 8 nitrogen and oxygen atoms in total. The minimum atomic E-state index is -3.36. The van der Waals surface area contributed by atoms with Gasteiger partial charge in [-0.05, 0) is 24.3 Å². The average Bonchev–Trinajstić information content (AvgIpc) is 2.61. The number of hydrogen-bond donors (Lipinski definition) is 1. The van der Waals surface area contributed by atoms with Crippen molar-refractivity contribution in [2.75, 3.05) is 6.26 Å². The topological polar surface area (TPSA) is 115 Å². The molecule has 0 aliphatic heterocycles. The highest BCUT2D eigenvalue weighted by Crippen LogP contribution is 2.20. The van der Waals surface area contributed by atoms with Crippen molar-refractivity contribution >= 4 is 15.8 Å². The highest BCUT2D eigenvalue weighted by Gasteiger charge is 2.27. The minimum Gasteiger partial charge on any atom is -0.480 e. The van der Waals surface area contributed by atoms with E-state index in [2.05, 4.69) is 15.5 Å². The van der Waals surface area contributed by atoms with Gasteiger partial charge in [-0.15, -0.1) is 5.10 Å². The Balaban J connectivity index is 3.18. The number of rotatable bonds is 4. The maximum atomic E-state index is 11.3. The number of hydrogen-bond acceptors (Lipinski definition) is 6. The van der Waals surface area contributed by atoms with Crippen molar-refractivity contribution in [3.05, 3.63) is 5.82 Å². The third kappa shape index (κ3) is 2.35. The van der Waals surface area contributed by atoms with E-state index in [4.69, 9.17) is 5.11 Å². The fraction of sp³-hybridized carbons (Fsp3) is 0.714. The van der Waals surface area contributed by atoms with Gasteiger partial charge < -0.3 is 5.11 Å². The predicted molar refractivity (Wildman–Crippen MR) is 53.4 cm³/mol. The highest BCUT2D eigenvalue weighted by atomic mass is 32.2. The molecule has 0 aliphatic rings. The number of carbonyl (C=O) groups is 1. The zero-order valence-electron chi connectivity index (χ0n) is 9.02. The van der Waals surface area contributed by atoms with Gasteiger partial charge >= 0.3 is 5.97 Å². The number of carboxylic acids is 1. The van der Waals surface area contributed by atoms with Gasteiger partial charge in [0.25, 0.3) is 0 Å². The summed E-state index contributed by atoms with van der Waals surface area (Å²) in [4.78, 5) is 10.8. The Hall–Kier alpha value is -1.51. The molecule has 16 heavy (non-hydrogen) atoms. The van der Waals surface area contributed by atoms with Crippen LogP contribution in [-0.2, 0) is 14.6 Å². The number of aliphatic carboxylic acids is 1. The molecule has 1 rings (SSSR count). The molecule has 2 atom stereocenters. The van der Waals surface area contributed by atoms with Gasteiger partial charge in [-0.3, -0.25) is 0 Å². The van der Waals surface area contributed by atoms with Gasteiger partial charge in [0.2, 0.25) is 0 Å². The Morgan fingerprint density at radius 1 is 1.44 bits per heavy atom. The van der Waals surface area contributed by atoms with Crippen molar-refractivity contribution in [3.8, 4) is 0 Å². The maximum absolute atomic E-state index is 11.3. The first kappa shape index (κ1) is 12.6. The quantitative estimate of drug-likeness (QED) is 0.758. The third-order valence-electron chi connectivity index (χ3n) is 2.25. The normalized spacial score (nSPS) is 15.7. The molecule has 9 heteroatoms. The number of sulfone groups is 1. The molecule has 0 saturated heterocycles. The summed E-state index contributed by atoms with van der Waals surface area (Å²) in [5.41, 5.74) is 0. The molecule has 0 saturated carbocycles. The summed E-state index contributed by atoms with van der Waals surface area (Å²) in [6.45, 7) is 2.78. The fourth-order valence-electron chi connectivity index (χ4n) is 1.04. The molecule has 0 spiro atoms. The lowest BCUT2D eigenvalue weighted by Crippen LogP contribution is -2.22. The standard InChI is InChI=1S/C7H12N4O4S/c1-4(7(12)13)11-6(8-9-10-11)5(2)16(3,14)15/h4-5H,1-3H3,(H,12,13). The summed E-state index contributed by atoms with van der Waals surface area (Å²) in [6.07, 6.45) is 1.04. The molecular weight excluding hydrogens is 236 g/mol. The van der Waals surface area contributed by atoms with E-state index in [1.165, 1.54) is 13.8 Å². The molecule has 1 aromatic rings. The Morgan fingerprint density at radius 3 is 2.44 bits per heavy atom. The second kappa shape index (κ2) is 4.16. The molecule has 90 valence electrons. The van der Waals surface area contributed by atoms with Crippen LogP contribution in [0.4, 0.5) is 0 Å². The molecule has 0 amide bonds. The van der Waals surface area contributed by atoms with E-state index in [9.17, 15) is 13.2 Å². The number of nitrogens with zero attached hydrogens (tertiary/aromatic N) is 4. The Kier molecular flexibility index (Phi) is 3.27. The van der Waals surface area contributed by atoms with Crippen LogP contribution in [0.1, 0.15) is 31.0 Å². The van der Waals surface area contributed by atoms with Crippen molar-refractivity contribution in [3.63, 3.8) is 0 Å². The van der Waals surface area contributed by atoms with Gasteiger partial charge in [0.15, 0.2) is 15.7 Å². The van der Waals surface area contributed by atoms with Crippen molar-refractivity contribution in [1.82, 2.24) is 20.2 Å². The van der Waals surface area contributed by atoms with Gasteiger partial charge in [0.05, 0.1) is 0 Å². The van der Waals surface area contributed by atoms with Crippen LogP contribution in [-0.4, -0.2) is 46.0 Å². The van der Waals surface area contributed by atoms with Crippen LogP contribution in [0.3, 0.4) is 0 Å². The largest absolute Gasteiger partial charge is 0.480 e. The van der Waals surface area contributed by atoms with Crippen LogP contribution in [0.25, 0.3) is 0 Å². The van der Waals surface area contributed by atoms with Crippen LogP contribution in [0, 0.1) is 0 Å². The van der Waals surface area contributed by atoms with E-state index in [-0.39, 0.29) is 5.82 Å². The Bertz CT molecular complexity index is 494. The zero-order valence-corrected chi connectivity index (χ0v) is 9.84. The Morgan fingerprint density at radius 2 is 2.00 bits per heavy atom. The van der Waals surface area contributed by atoms with E-state index in [1.54, 1.807) is 0 Å². The van der Waals surface area contributed by atoms with Crippen LogP contribution >= 0.6 is 0 Å². The lowest BCUT2D eigenvalue weighted by molar-refractivity contribution is -0.140. The number of aromatic nitrogens is 4. The number of tetrazole rings is 1. The molecule has 0 radical (unpaired) electrons. The first-order valence-corrected chi connectivity index (χ1v) is 6.40. The summed E-state index contributed by atoms with van der Waals surface area (Å²) >= 11 is 0. The lowest BCUT2D eigenvalue weighted by atomic mass is 10.3. The molecule has 2 unspecified atom stereocenters. The smallest absolute Gasteiger partial charge is 0.328 e. The molecule has 1 aromatic heterocycles. The van der Waals surface area contributed by atoms with Gasteiger partial charge in [-0.1, -0.05) is 0 Å². The average molecular weight is 248 g/mol. The molecule has 1 heterocycles. The van der Waals surface area contributed by atoms with Crippen molar-refractivity contribution in [2.45, 2.75) is 25.1 Å². The molecule has 0 fully saturated rings. The molecule has 0 bridgehead atoms. The van der Waals surface area contributed by atoms with Crippen molar-refractivity contribution in [2.24, 2.45) is 0 Å². The summed E-state index contributed by atoms with van der Waals surface area (Å²) in [5.74, 6) is -1.10. The second-order valence-electron chi connectivity index (χ2n) is 3.47. The zero-order chi connectivity index (χ0) is 12.5. The van der Waals surface area contributed by atoms with Crippen molar-refractivity contribution < 1.29 is 18.3 Å². The summed E-state index contributed by atoms with van der Waals surface area (Å²) in [5, 5.41) is 18.2. The first-order valence-electron chi connectivity index (χ1n) is 4.44. The summed E-state index contributed by atoms with van der Waals surface area (Å²) in [7, 11) is -3.36. The molecule has 0 aliphatic carbocycles. The lowest BCUT2D eigenvalue weighted by Gasteiger charge is -2.12. The Labute approximate surface area is 92.2 Å². The highest BCUT2D eigenvalue weighted by molar-refractivity contribution is 7.90. The molecule has 0 aromatic carbocycles. The van der Waals surface area contributed by atoms with E-state index < -0.39 is 27.1 Å². The second-order valence-corrected chi connectivity index (χ2v) is 5.83. The van der Waals surface area contributed by atoms with Crippen LogP contribution in [0.2, 0.25) is 0 Å². The van der Waals surface area contributed by atoms with Crippen LogP contribution in [0.5, 0.6) is 0 Å². The molecule has 1 N–H and O–H groups in total. The number of carboxylic acid groups (broad SMARTS) is 1. The van der Waals surface area contributed by atoms with Gasteiger partial charge in [-0.25, -0.2) is 17.9 Å². The van der Waals surface area contributed by atoms with E-state index in [0.717, 1.165) is 10.9 Å². The summed E-state index contributed by atoms with van der Waals surface area (Å²) in [6, 6.07) is -1.01. The van der Waals surface area contributed by atoms with E-state index >= 15 is 0 Å². The van der Waals surface area contributed by atoms with Gasteiger partial charge in [0, 0.05) is 6.26 Å². The van der Waals surface area contributed by atoms with Gasteiger partial charge in [0.1, 0.15) is 11.3 Å². The SMILES string of the molecule is CC(C(=O)O)n1nnnc1C(C)S(C)(=O)=O. The van der Waals surface area contributed by atoms with E-state index in [1.807, 2.05) is 0 Å². The van der Waals surface area contributed by atoms with Crippen LogP contribution in [0.15, 0.2) is 0 Å². The monoisotopic (exact) mass is 248 g/mol. The van der Waals surface area contributed by atoms with Gasteiger partial charge in [-0.2, -0.15) is 0 Å². The maximum Gasteiger partial charge on any atom is 0.328 e. The molecular formula is C7H12N4O4S. The summed E-state index contributed by atoms with van der Waals surface area (Å²) < 4.78 is 23.6.